The molecule has 3 atom stereocenters. The summed E-state index contributed by atoms with van der Waals surface area (Å²) in [4.78, 5) is 0. The van der Waals surface area contributed by atoms with E-state index in [9.17, 15) is 26.3 Å². The van der Waals surface area contributed by atoms with Crippen LogP contribution in [0.2, 0.25) is 0 Å². The zero-order valence-electron chi connectivity index (χ0n) is 17.0. The van der Waals surface area contributed by atoms with Gasteiger partial charge in [-0.25, -0.2) is 0 Å². The molecule has 0 amide bonds. The van der Waals surface area contributed by atoms with Crippen LogP contribution in [0.4, 0.5) is 26.3 Å². The first kappa shape index (κ1) is 24.2. The normalized spacial score (nSPS) is 15.8. The van der Waals surface area contributed by atoms with Gasteiger partial charge in [0.1, 0.15) is 12.1 Å². The van der Waals surface area contributed by atoms with E-state index in [1.807, 2.05) is 0 Å². The van der Waals surface area contributed by atoms with E-state index in [0.29, 0.717) is 5.56 Å². The fraction of sp³-hybridized carbons (Fsp3) is 0.455. The van der Waals surface area contributed by atoms with Crippen LogP contribution in [0.5, 0.6) is 0 Å². The van der Waals surface area contributed by atoms with E-state index in [-0.39, 0.29) is 23.6 Å². The van der Waals surface area contributed by atoms with Gasteiger partial charge in [0, 0.05) is 12.1 Å². The van der Waals surface area contributed by atoms with Gasteiger partial charge < -0.3 is 5.32 Å². The first-order valence-electron chi connectivity index (χ1n) is 9.67. The second-order valence-electron chi connectivity index (χ2n) is 7.69. The maximum atomic E-state index is 13.5. The summed E-state index contributed by atoms with van der Waals surface area (Å²) in [6, 6.07) is 8.81. The van der Waals surface area contributed by atoms with Gasteiger partial charge >= 0.3 is 12.4 Å². The molecule has 2 aromatic rings. The molecule has 2 nitrogen and oxygen atoms in total. The van der Waals surface area contributed by atoms with Crippen molar-refractivity contribution in [2.24, 2.45) is 0 Å². The molecule has 0 spiro atoms. The number of halogens is 6. The van der Waals surface area contributed by atoms with Crippen LogP contribution in [-0.4, -0.2) is 24.4 Å². The second-order valence-corrected chi connectivity index (χ2v) is 7.69. The lowest BCUT2D eigenvalue weighted by Crippen LogP contribution is -2.40. The number of nitrogens with one attached hydrogen (secondary N) is 2. The predicted molar refractivity (Wildman–Crippen MR) is 105 cm³/mol. The molecule has 2 rings (SSSR count). The average molecular weight is 432 g/mol. The molecule has 0 aliphatic carbocycles. The summed E-state index contributed by atoms with van der Waals surface area (Å²) in [5, 5.41) is 5.09. The summed E-state index contributed by atoms with van der Waals surface area (Å²) < 4.78 is 80.4. The van der Waals surface area contributed by atoms with Crippen LogP contribution in [0.1, 0.15) is 49.5 Å². The van der Waals surface area contributed by atoms with Gasteiger partial charge in [-0.3, -0.25) is 5.32 Å². The monoisotopic (exact) mass is 432 g/mol. The van der Waals surface area contributed by atoms with Crippen molar-refractivity contribution in [2.45, 2.75) is 63.7 Å². The molecular formula is C22H26F6N2. The van der Waals surface area contributed by atoms with E-state index in [2.05, 4.69) is 10.6 Å². The number of alkyl halides is 6. The van der Waals surface area contributed by atoms with E-state index < -0.39 is 30.5 Å². The Hall–Kier alpha value is -2.06. The third-order valence-corrected chi connectivity index (χ3v) is 4.59. The smallest absolute Gasteiger partial charge is 0.300 e. The van der Waals surface area contributed by atoms with Crippen molar-refractivity contribution in [1.82, 2.24) is 10.6 Å². The van der Waals surface area contributed by atoms with Crippen LogP contribution in [0.15, 0.2) is 54.6 Å². The Labute approximate surface area is 172 Å². The Kier molecular flexibility index (Phi) is 7.93. The minimum absolute atomic E-state index is 0.0676. The number of benzene rings is 2. The lowest BCUT2D eigenvalue weighted by molar-refractivity contribution is -0.160. The van der Waals surface area contributed by atoms with Gasteiger partial charge in [0.25, 0.3) is 0 Å². The van der Waals surface area contributed by atoms with E-state index in [1.54, 1.807) is 39.0 Å². The molecule has 0 aromatic heterocycles. The van der Waals surface area contributed by atoms with Crippen LogP contribution in [0.25, 0.3) is 0 Å². The van der Waals surface area contributed by atoms with Gasteiger partial charge in [-0.1, -0.05) is 68.4 Å². The van der Waals surface area contributed by atoms with Crippen molar-refractivity contribution < 1.29 is 26.3 Å². The molecule has 2 aromatic carbocycles. The second kappa shape index (κ2) is 9.83. The van der Waals surface area contributed by atoms with E-state index in [1.165, 1.54) is 36.4 Å². The standard InChI is InChI=1S/C22H26F6N2/c1-14(2)29-19(21(23,24)25)18-11-9-16(10-12-18)13-15(3)30-20(22(26,27)28)17-7-5-4-6-8-17/h4-12,14-15,19-20,29-30H,13H2,1-3H3/t15?,19-,20+/m0/s1. The Balaban J connectivity index is 2.10. The zero-order valence-corrected chi connectivity index (χ0v) is 17.0. The molecule has 0 saturated heterocycles. The first-order chi connectivity index (χ1) is 13.9. The van der Waals surface area contributed by atoms with E-state index in [0.717, 1.165) is 0 Å². The van der Waals surface area contributed by atoms with Crippen molar-refractivity contribution in [3.8, 4) is 0 Å². The summed E-state index contributed by atoms with van der Waals surface area (Å²) in [6.07, 6.45) is -8.67. The fourth-order valence-corrected chi connectivity index (χ4v) is 3.28. The molecule has 0 fully saturated rings. The van der Waals surface area contributed by atoms with Gasteiger partial charge in [-0.2, -0.15) is 26.3 Å². The van der Waals surface area contributed by atoms with E-state index in [4.69, 9.17) is 0 Å². The molecule has 0 aliphatic rings. The zero-order chi connectivity index (χ0) is 22.5. The van der Waals surface area contributed by atoms with Gasteiger partial charge in [0.15, 0.2) is 0 Å². The molecule has 8 heteroatoms. The number of rotatable bonds is 8. The van der Waals surface area contributed by atoms with Crippen molar-refractivity contribution >= 4 is 0 Å². The molecule has 2 N–H and O–H groups in total. The Morgan fingerprint density at radius 1 is 0.667 bits per heavy atom. The number of hydrogen-bond donors (Lipinski definition) is 2. The van der Waals surface area contributed by atoms with Crippen LogP contribution >= 0.6 is 0 Å². The summed E-state index contributed by atoms with van der Waals surface area (Å²) in [7, 11) is 0. The highest BCUT2D eigenvalue weighted by molar-refractivity contribution is 5.27. The summed E-state index contributed by atoms with van der Waals surface area (Å²) in [5.41, 5.74) is 0.830. The molecular weight excluding hydrogens is 406 g/mol. The molecule has 1 unspecified atom stereocenters. The SMILES string of the molecule is CC(C)N[C@@H](c1ccc(CC(C)N[C@H](c2ccccc2)C(F)(F)F)cc1)C(F)(F)F. The van der Waals surface area contributed by atoms with Crippen LogP contribution < -0.4 is 10.6 Å². The highest BCUT2D eigenvalue weighted by Crippen LogP contribution is 2.34. The largest absolute Gasteiger partial charge is 0.407 e. The molecule has 0 heterocycles. The van der Waals surface area contributed by atoms with Gasteiger partial charge in [0.05, 0.1) is 0 Å². The highest BCUT2D eigenvalue weighted by atomic mass is 19.4. The van der Waals surface area contributed by atoms with E-state index >= 15 is 0 Å². The lowest BCUT2D eigenvalue weighted by atomic mass is 9.99. The summed E-state index contributed by atoms with van der Waals surface area (Å²) in [5.74, 6) is 0. The third-order valence-electron chi connectivity index (χ3n) is 4.59. The quantitative estimate of drug-likeness (QED) is 0.492. The minimum atomic E-state index is -4.47. The average Bonchev–Trinajstić information content (AvgIpc) is 2.64. The topological polar surface area (TPSA) is 24.1 Å². The number of hydrogen-bond acceptors (Lipinski definition) is 2. The maximum absolute atomic E-state index is 13.5. The minimum Gasteiger partial charge on any atom is -0.300 e. The maximum Gasteiger partial charge on any atom is 0.407 e. The molecule has 0 aliphatic heterocycles. The molecule has 30 heavy (non-hydrogen) atoms. The summed E-state index contributed by atoms with van der Waals surface area (Å²) in [6.45, 7) is 4.88. The van der Waals surface area contributed by atoms with Crippen LogP contribution in [0, 0.1) is 0 Å². The third kappa shape index (κ3) is 7.02. The van der Waals surface area contributed by atoms with Gasteiger partial charge in [0.2, 0.25) is 0 Å². The highest BCUT2D eigenvalue weighted by Gasteiger charge is 2.42. The first-order valence-corrected chi connectivity index (χ1v) is 9.67. The fourth-order valence-electron chi connectivity index (χ4n) is 3.28. The van der Waals surface area contributed by atoms with Crippen LogP contribution in [0.3, 0.4) is 0 Å². The van der Waals surface area contributed by atoms with Gasteiger partial charge in [-0.05, 0) is 30.0 Å². The molecule has 0 saturated carbocycles. The lowest BCUT2D eigenvalue weighted by Gasteiger charge is -2.26. The van der Waals surface area contributed by atoms with Crippen LogP contribution in [-0.2, 0) is 6.42 Å². The van der Waals surface area contributed by atoms with Crippen molar-refractivity contribution in [3.63, 3.8) is 0 Å². The molecule has 166 valence electrons. The Morgan fingerprint density at radius 2 is 1.13 bits per heavy atom. The Morgan fingerprint density at radius 3 is 1.60 bits per heavy atom. The summed E-state index contributed by atoms with van der Waals surface area (Å²) >= 11 is 0. The van der Waals surface area contributed by atoms with Crippen molar-refractivity contribution in [2.75, 3.05) is 0 Å². The van der Waals surface area contributed by atoms with Gasteiger partial charge in [-0.15, -0.1) is 0 Å². The Bertz CT molecular complexity index is 769. The van der Waals surface area contributed by atoms with Crippen molar-refractivity contribution in [1.29, 1.82) is 0 Å². The molecule has 0 radical (unpaired) electrons. The molecule has 0 bridgehead atoms. The predicted octanol–water partition coefficient (Wildman–Crippen LogP) is 6.11. The van der Waals surface area contributed by atoms with Crippen molar-refractivity contribution in [3.05, 3.63) is 71.3 Å².